The van der Waals surface area contributed by atoms with E-state index in [0.717, 1.165) is 0 Å². The van der Waals surface area contributed by atoms with Gasteiger partial charge in [0.2, 0.25) is 0 Å². The molecule has 2 heterocycles. The van der Waals surface area contributed by atoms with Gasteiger partial charge < -0.3 is 4.74 Å². The van der Waals surface area contributed by atoms with Gasteiger partial charge in [0, 0.05) is 16.9 Å². The van der Waals surface area contributed by atoms with Crippen molar-refractivity contribution in [3.05, 3.63) is 81.6 Å². The van der Waals surface area contributed by atoms with Crippen LogP contribution in [0.15, 0.2) is 59.5 Å². The Morgan fingerprint density at radius 1 is 0.968 bits per heavy atom. The Kier molecular flexibility index (Phi) is 5.16. The minimum absolute atomic E-state index is 0.0891. The molecule has 3 aromatic carbocycles. The molecule has 8 heteroatoms. The van der Waals surface area contributed by atoms with Gasteiger partial charge in [-0.25, -0.2) is 4.39 Å². The third-order valence-corrected chi connectivity index (χ3v) is 7.01. The van der Waals surface area contributed by atoms with Gasteiger partial charge in [0.05, 0.1) is 32.6 Å². The van der Waals surface area contributed by atoms with Gasteiger partial charge >= 0.3 is 0 Å². The number of carbonyl (C=O) groups is 2. The van der Waals surface area contributed by atoms with Crippen LogP contribution >= 0.6 is 35.0 Å². The highest BCUT2D eigenvalue weighted by Crippen LogP contribution is 2.47. The zero-order chi connectivity index (χ0) is 21.7. The largest absolute Gasteiger partial charge is 0.486 e. The summed E-state index contributed by atoms with van der Waals surface area (Å²) >= 11 is 14.1. The third kappa shape index (κ3) is 3.49. The topological polar surface area (TPSA) is 46.6 Å². The van der Waals surface area contributed by atoms with Gasteiger partial charge in [-0.3, -0.25) is 14.5 Å². The van der Waals surface area contributed by atoms with Gasteiger partial charge in [0.15, 0.2) is 0 Å². The number of halogens is 3. The van der Waals surface area contributed by atoms with E-state index < -0.39 is 11.9 Å². The fraction of sp³-hybridized carbons (Fsp3) is 0.130. The lowest BCUT2D eigenvalue weighted by Crippen LogP contribution is -2.41. The second-order valence-electron chi connectivity index (χ2n) is 7.19. The molecule has 4 nitrogen and oxygen atoms in total. The Morgan fingerprint density at radius 3 is 2.26 bits per heavy atom. The van der Waals surface area contributed by atoms with Crippen LogP contribution in [0, 0.1) is 5.82 Å². The molecule has 5 rings (SSSR count). The average Bonchev–Trinajstić information content (AvgIpc) is 2.99. The van der Waals surface area contributed by atoms with Gasteiger partial charge in [-0.15, -0.1) is 11.8 Å². The smallest absolute Gasteiger partial charge is 0.261 e. The van der Waals surface area contributed by atoms with Crippen molar-refractivity contribution in [2.75, 3.05) is 12.3 Å². The maximum atomic E-state index is 14.3. The Hall–Kier alpha value is -2.54. The van der Waals surface area contributed by atoms with E-state index in [-0.39, 0.29) is 18.4 Å². The number of hydrogen-bond acceptors (Lipinski definition) is 4. The lowest BCUT2D eigenvalue weighted by molar-refractivity contribution is 0.0584. The minimum Gasteiger partial charge on any atom is -0.486 e. The number of imide groups is 1. The number of fused-ring (bicyclic) bond motifs is 2. The first-order valence-electron chi connectivity index (χ1n) is 9.46. The predicted octanol–water partition coefficient (Wildman–Crippen LogP) is 5.95. The number of carbonyl (C=O) groups excluding carboxylic acids is 2. The van der Waals surface area contributed by atoms with Crippen LogP contribution in [0.4, 0.5) is 4.39 Å². The molecule has 0 aliphatic carbocycles. The van der Waals surface area contributed by atoms with Crippen molar-refractivity contribution in [3.8, 4) is 16.9 Å². The molecule has 1 atom stereocenters. The van der Waals surface area contributed by atoms with Gasteiger partial charge in [0.1, 0.15) is 17.7 Å². The molecule has 2 amide bonds. The average molecular weight is 474 g/mol. The molecule has 0 spiro atoms. The first-order valence-corrected chi connectivity index (χ1v) is 11.2. The molecule has 0 N–H and O–H groups in total. The fourth-order valence-corrected chi connectivity index (χ4v) is 5.45. The number of nitrogens with zero attached hydrogens (tertiary/aromatic N) is 1. The van der Waals surface area contributed by atoms with Crippen LogP contribution in [0.25, 0.3) is 11.1 Å². The Labute approximate surface area is 191 Å². The summed E-state index contributed by atoms with van der Waals surface area (Å²) in [5.74, 6) is -0.213. The standard InChI is InChI=1S/C23H14Cl2FNO3S/c24-17-6-3-7-18(25)20(17)16-8-12(26)9-19-21(16)30-13(11-31-19)10-27-22(28)14-4-1-2-5-15(14)23(27)29/h1-9,13H,10-11H2. The van der Waals surface area contributed by atoms with Crippen molar-refractivity contribution in [1.82, 2.24) is 4.90 Å². The quantitative estimate of drug-likeness (QED) is 0.441. The van der Waals surface area contributed by atoms with E-state index in [1.54, 1.807) is 42.5 Å². The van der Waals surface area contributed by atoms with Crippen molar-refractivity contribution in [2.24, 2.45) is 0 Å². The molecule has 31 heavy (non-hydrogen) atoms. The zero-order valence-corrected chi connectivity index (χ0v) is 18.2. The van der Waals surface area contributed by atoms with Crippen LogP contribution in [0.1, 0.15) is 20.7 Å². The molecule has 3 aromatic rings. The molecular formula is C23H14Cl2FNO3S. The third-order valence-electron chi connectivity index (χ3n) is 5.23. The van der Waals surface area contributed by atoms with Crippen molar-refractivity contribution >= 4 is 46.8 Å². The van der Waals surface area contributed by atoms with E-state index in [0.29, 0.717) is 48.7 Å². The first kappa shape index (κ1) is 20.4. The maximum Gasteiger partial charge on any atom is 0.261 e. The summed E-state index contributed by atoms with van der Waals surface area (Å²) < 4.78 is 20.5. The molecular weight excluding hydrogens is 460 g/mol. The fourth-order valence-electron chi connectivity index (χ4n) is 3.82. The van der Waals surface area contributed by atoms with E-state index in [1.165, 1.54) is 28.8 Å². The minimum atomic E-state index is -0.467. The van der Waals surface area contributed by atoms with E-state index in [4.69, 9.17) is 27.9 Å². The van der Waals surface area contributed by atoms with Crippen molar-refractivity contribution in [2.45, 2.75) is 11.0 Å². The molecule has 0 radical (unpaired) electrons. The van der Waals surface area contributed by atoms with E-state index in [1.807, 2.05) is 0 Å². The Balaban J connectivity index is 1.48. The lowest BCUT2D eigenvalue weighted by atomic mass is 10.0. The second kappa shape index (κ2) is 7.86. The normalized spacial score (nSPS) is 17.4. The van der Waals surface area contributed by atoms with Gasteiger partial charge in [-0.1, -0.05) is 41.4 Å². The monoisotopic (exact) mass is 473 g/mol. The molecule has 2 aliphatic heterocycles. The van der Waals surface area contributed by atoms with Gasteiger partial charge in [0.25, 0.3) is 11.8 Å². The van der Waals surface area contributed by atoms with Crippen LogP contribution in [-0.2, 0) is 0 Å². The number of hydrogen-bond donors (Lipinski definition) is 0. The predicted molar refractivity (Wildman–Crippen MR) is 119 cm³/mol. The SMILES string of the molecule is O=C1c2ccccc2C(=O)N1CC1CSc2cc(F)cc(-c3c(Cl)cccc3Cl)c2O1. The maximum absolute atomic E-state index is 14.3. The number of thioether (sulfide) groups is 1. The molecule has 1 unspecified atom stereocenters. The summed E-state index contributed by atoms with van der Waals surface area (Å²) in [6, 6.07) is 14.5. The second-order valence-corrected chi connectivity index (χ2v) is 9.07. The Bertz CT molecular complexity index is 1190. The van der Waals surface area contributed by atoms with Gasteiger partial charge in [-0.05, 0) is 36.4 Å². The van der Waals surface area contributed by atoms with E-state index in [9.17, 15) is 14.0 Å². The molecule has 0 fully saturated rings. The summed E-state index contributed by atoms with van der Waals surface area (Å²) in [4.78, 5) is 27.2. The van der Waals surface area contributed by atoms with Crippen LogP contribution in [0.5, 0.6) is 5.75 Å². The summed E-state index contributed by atoms with van der Waals surface area (Å²) in [5, 5.41) is 0.743. The highest BCUT2D eigenvalue weighted by Gasteiger charge is 2.38. The highest BCUT2D eigenvalue weighted by molar-refractivity contribution is 7.99. The summed E-state index contributed by atoms with van der Waals surface area (Å²) in [7, 11) is 0. The number of rotatable bonds is 3. The summed E-state index contributed by atoms with van der Waals surface area (Å²) in [6.45, 7) is 0.0891. The molecule has 0 bridgehead atoms. The Morgan fingerprint density at radius 2 is 1.61 bits per heavy atom. The van der Waals surface area contributed by atoms with Gasteiger partial charge in [-0.2, -0.15) is 0 Å². The zero-order valence-electron chi connectivity index (χ0n) is 15.9. The van der Waals surface area contributed by atoms with Crippen molar-refractivity contribution in [3.63, 3.8) is 0 Å². The van der Waals surface area contributed by atoms with Crippen LogP contribution in [0.2, 0.25) is 10.0 Å². The molecule has 0 aromatic heterocycles. The highest BCUT2D eigenvalue weighted by atomic mass is 35.5. The first-order chi connectivity index (χ1) is 14.9. The number of ether oxygens (including phenoxy) is 1. The summed E-state index contributed by atoms with van der Waals surface area (Å²) in [5.41, 5.74) is 1.69. The van der Waals surface area contributed by atoms with Crippen molar-refractivity contribution < 1.29 is 18.7 Å². The number of amides is 2. The van der Waals surface area contributed by atoms with Crippen LogP contribution in [-0.4, -0.2) is 35.1 Å². The molecule has 156 valence electrons. The van der Waals surface area contributed by atoms with Crippen LogP contribution in [0.3, 0.4) is 0 Å². The van der Waals surface area contributed by atoms with E-state index >= 15 is 0 Å². The molecule has 2 aliphatic rings. The van der Waals surface area contributed by atoms with E-state index in [2.05, 4.69) is 0 Å². The van der Waals surface area contributed by atoms with Crippen LogP contribution < -0.4 is 4.74 Å². The molecule has 0 saturated heterocycles. The summed E-state index contributed by atoms with van der Waals surface area (Å²) in [6.07, 6.45) is -0.467. The lowest BCUT2D eigenvalue weighted by Gasteiger charge is -2.30. The van der Waals surface area contributed by atoms with Crippen molar-refractivity contribution in [1.29, 1.82) is 0 Å². The molecule has 0 saturated carbocycles. The number of benzene rings is 3.